The van der Waals surface area contributed by atoms with Crippen LogP contribution in [0.15, 0.2) is 82.9 Å². The fraction of sp³-hybridized carbons (Fsp3) is 0.250. The van der Waals surface area contributed by atoms with E-state index in [0.717, 1.165) is 16.5 Å². The van der Waals surface area contributed by atoms with Crippen LogP contribution in [0.2, 0.25) is 0 Å². The van der Waals surface area contributed by atoms with Crippen molar-refractivity contribution in [3.63, 3.8) is 0 Å². The van der Waals surface area contributed by atoms with Crippen molar-refractivity contribution >= 4 is 61.8 Å². The van der Waals surface area contributed by atoms with Crippen molar-refractivity contribution in [2.45, 2.75) is 26.7 Å². The number of anilines is 1. The number of esters is 1. The normalized spacial score (nSPS) is 21.3. The van der Waals surface area contributed by atoms with Crippen LogP contribution in [0.25, 0.3) is 22.2 Å². The minimum absolute atomic E-state index is 0.114. The van der Waals surface area contributed by atoms with Crippen molar-refractivity contribution in [2.75, 3.05) is 11.5 Å². The van der Waals surface area contributed by atoms with Crippen molar-refractivity contribution in [2.24, 2.45) is 23.7 Å². The second kappa shape index (κ2) is 11.6. The van der Waals surface area contributed by atoms with E-state index >= 15 is 0 Å². The highest BCUT2D eigenvalue weighted by atomic mass is 79.9. The second-order valence-corrected chi connectivity index (χ2v) is 13.1. The third kappa shape index (κ3) is 5.14. The molecule has 1 aromatic heterocycles. The van der Waals surface area contributed by atoms with Crippen molar-refractivity contribution < 1.29 is 28.8 Å². The molecule has 4 atom stereocenters. The molecule has 0 N–H and O–H groups in total. The van der Waals surface area contributed by atoms with E-state index in [1.165, 1.54) is 34.7 Å². The lowest BCUT2D eigenvalue weighted by atomic mass is 9.82. The minimum Gasteiger partial charge on any atom is -0.454 e. The Morgan fingerprint density at radius 1 is 1.02 bits per heavy atom. The first-order chi connectivity index (χ1) is 22.5. The molecular weight excluding hydrogens is 666 g/mol. The van der Waals surface area contributed by atoms with Crippen molar-refractivity contribution in [3.05, 3.63) is 110 Å². The molecule has 1 saturated carbocycles. The van der Waals surface area contributed by atoms with Gasteiger partial charge in [-0.1, -0.05) is 46.6 Å². The number of allylic oxidation sites excluding steroid dienone is 2. The number of hydrogen-bond donors (Lipinski definition) is 0. The molecule has 4 unspecified atom stereocenters. The maximum Gasteiger partial charge on any atom is 0.339 e. The molecule has 2 fully saturated rings. The van der Waals surface area contributed by atoms with Gasteiger partial charge in [0.15, 0.2) is 12.4 Å². The van der Waals surface area contributed by atoms with Gasteiger partial charge in [-0.25, -0.2) is 9.78 Å². The predicted octanol–water partition coefficient (Wildman–Crippen LogP) is 6.88. The third-order valence-corrected chi connectivity index (χ3v) is 10.1. The summed E-state index contributed by atoms with van der Waals surface area (Å²) >= 11 is 3.52. The predicted molar refractivity (Wildman–Crippen MR) is 177 cm³/mol. The van der Waals surface area contributed by atoms with Gasteiger partial charge in [0, 0.05) is 33.1 Å². The summed E-state index contributed by atoms with van der Waals surface area (Å²) in [6, 6.07) is 17.4. The molecule has 4 aromatic rings. The molecule has 7 rings (SSSR count). The monoisotopic (exact) mass is 693 g/mol. The lowest BCUT2D eigenvalue weighted by molar-refractivity contribution is -0.384. The number of nitro benzene ring substituents is 1. The zero-order valence-corrected chi connectivity index (χ0v) is 27.0. The van der Waals surface area contributed by atoms with Gasteiger partial charge in [0.05, 0.1) is 39.2 Å². The Bertz CT molecular complexity index is 2060. The molecule has 1 aliphatic heterocycles. The summed E-state index contributed by atoms with van der Waals surface area (Å²) in [6.45, 7) is 3.46. The summed E-state index contributed by atoms with van der Waals surface area (Å²) in [6.07, 6.45) is 3.65. The van der Waals surface area contributed by atoms with Gasteiger partial charge in [0.2, 0.25) is 11.8 Å². The highest BCUT2D eigenvalue weighted by Crippen LogP contribution is 2.56. The quantitative estimate of drug-likeness (QED) is 0.0487. The van der Waals surface area contributed by atoms with Crippen LogP contribution < -0.4 is 4.90 Å². The van der Waals surface area contributed by atoms with Gasteiger partial charge >= 0.3 is 5.97 Å². The Morgan fingerprint density at radius 2 is 1.72 bits per heavy atom. The molecule has 3 aliphatic rings. The molecule has 3 aromatic carbocycles. The standard InChI is InChI=1S/C36H28BrN3O7/c1-3-19-13-23(37)15-27-28(36(44)47-17-30(41)21-6-10-25(11-7-21)40(45)46)16-29(38-33(19)27)20-4-8-24(9-5-20)39-34(42)31-22-12-18(2)26(14-22)32(31)35(39)43/h4-13,15-16,22,26,31-32H,3,14,17H2,1-2H3. The maximum atomic E-state index is 13.5. The molecule has 2 heterocycles. The zero-order valence-electron chi connectivity index (χ0n) is 25.4. The number of ether oxygens (including phenoxy) is 1. The van der Waals surface area contributed by atoms with Gasteiger partial charge in [-0.2, -0.15) is 0 Å². The molecule has 0 spiro atoms. The molecule has 2 aliphatic carbocycles. The van der Waals surface area contributed by atoms with E-state index in [1.807, 2.05) is 19.9 Å². The van der Waals surface area contributed by atoms with E-state index in [1.54, 1.807) is 36.4 Å². The first-order valence-electron chi connectivity index (χ1n) is 15.3. The molecule has 47 heavy (non-hydrogen) atoms. The van der Waals surface area contributed by atoms with E-state index in [4.69, 9.17) is 9.72 Å². The van der Waals surface area contributed by atoms with Crippen LogP contribution in [0, 0.1) is 33.8 Å². The number of aryl methyl sites for hydroxylation is 1. The average Bonchev–Trinajstić information content (AvgIpc) is 3.72. The van der Waals surface area contributed by atoms with Gasteiger partial charge in [-0.15, -0.1) is 0 Å². The highest BCUT2D eigenvalue weighted by molar-refractivity contribution is 9.10. The summed E-state index contributed by atoms with van der Waals surface area (Å²) in [4.78, 5) is 69.7. The number of non-ortho nitro benzene ring substituents is 1. The van der Waals surface area contributed by atoms with Gasteiger partial charge in [-0.3, -0.25) is 29.4 Å². The number of hydrogen-bond acceptors (Lipinski definition) is 8. The lowest BCUT2D eigenvalue weighted by Gasteiger charge is -2.19. The number of imide groups is 1. The number of benzene rings is 3. The number of rotatable bonds is 8. The summed E-state index contributed by atoms with van der Waals surface area (Å²) in [5.74, 6) is -1.90. The number of fused-ring (bicyclic) bond motifs is 6. The van der Waals surface area contributed by atoms with Crippen molar-refractivity contribution in [1.82, 2.24) is 4.98 Å². The Hall–Kier alpha value is -5.03. The Morgan fingerprint density at radius 3 is 2.40 bits per heavy atom. The lowest BCUT2D eigenvalue weighted by Crippen LogP contribution is -2.32. The number of nitro groups is 1. The summed E-state index contributed by atoms with van der Waals surface area (Å²) in [5, 5.41) is 11.5. The smallest absolute Gasteiger partial charge is 0.339 e. The number of aromatic nitrogens is 1. The Labute approximate surface area is 277 Å². The SMILES string of the molecule is CCc1cc(Br)cc2c(C(=O)OCC(=O)c3ccc([N+](=O)[O-])cc3)cc(-c3ccc(N4C(=O)C5C6C=C(C)C(C6)C5C4=O)cc3)nc12. The number of carbonyl (C=O) groups excluding carboxylic acids is 4. The first kappa shape index (κ1) is 30.6. The fourth-order valence-corrected chi connectivity index (χ4v) is 7.82. The zero-order chi connectivity index (χ0) is 33.1. The largest absolute Gasteiger partial charge is 0.454 e. The minimum atomic E-state index is -0.732. The molecule has 2 bridgehead atoms. The fourth-order valence-electron chi connectivity index (χ4n) is 7.32. The number of halogens is 1. The van der Waals surface area contributed by atoms with Crippen LogP contribution >= 0.6 is 15.9 Å². The molecule has 0 radical (unpaired) electrons. The van der Waals surface area contributed by atoms with Gasteiger partial charge < -0.3 is 4.74 Å². The molecule has 11 heteroatoms. The van der Waals surface area contributed by atoms with Crippen molar-refractivity contribution in [1.29, 1.82) is 0 Å². The number of nitrogens with zero attached hydrogens (tertiary/aromatic N) is 3. The van der Waals surface area contributed by atoms with Crippen LogP contribution in [0.4, 0.5) is 11.4 Å². The molecule has 10 nitrogen and oxygen atoms in total. The third-order valence-electron chi connectivity index (χ3n) is 9.59. The second-order valence-electron chi connectivity index (χ2n) is 12.2. The van der Waals surface area contributed by atoms with Crippen LogP contribution in [0.5, 0.6) is 0 Å². The topological polar surface area (TPSA) is 137 Å². The number of carbonyl (C=O) groups is 4. The van der Waals surface area contributed by atoms with Crippen molar-refractivity contribution in [3.8, 4) is 11.3 Å². The van der Waals surface area contributed by atoms with Crippen LogP contribution in [-0.4, -0.2) is 40.1 Å². The molecule has 2 amide bonds. The summed E-state index contributed by atoms with van der Waals surface area (Å²) in [7, 11) is 0. The Kier molecular flexibility index (Phi) is 7.59. The Balaban J connectivity index is 1.18. The van der Waals surface area contributed by atoms with Crippen LogP contribution in [0.1, 0.15) is 46.5 Å². The average molecular weight is 695 g/mol. The number of pyridine rings is 1. The van der Waals surface area contributed by atoms with E-state index < -0.39 is 23.3 Å². The molecular formula is C36H28BrN3O7. The molecule has 236 valence electrons. The van der Waals surface area contributed by atoms with Gasteiger partial charge in [0.25, 0.3) is 5.69 Å². The first-order valence-corrected chi connectivity index (χ1v) is 16.1. The van der Waals surface area contributed by atoms with E-state index in [2.05, 4.69) is 22.0 Å². The number of ketones is 1. The van der Waals surface area contributed by atoms with Gasteiger partial charge in [-0.05, 0) is 79.6 Å². The molecule has 1 saturated heterocycles. The highest BCUT2D eigenvalue weighted by Gasteiger charge is 2.60. The number of Topliss-reactive ketones (excluding diaryl/α,β-unsaturated/α-hetero) is 1. The van der Waals surface area contributed by atoms with Crippen LogP contribution in [-0.2, 0) is 20.7 Å². The van der Waals surface area contributed by atoms with E-state index in [9.17, 15) is 29.3 Å². The van der Waals surface area contributed by atoms with E-state index in [0.29, 0.717) is 34.3 Å². The van der Waals surface area contributed by atoms with Gasteiger partial charge in [0.1, 0.15) is 0 Å². The maximum absolute atomic E-state index is 13.5. The summed E-state index contributed by atoms with van der Waals surface area (Å²) < 4.78 is 6.21. The number of amides is 2. The van der Waals surface area contributed by atoms with E-state index in [-0.39, 0.29) is 52.3 Å². The summed E-state index contributed by atoms with van der Waals surface area (Å²) in [5.41, 5.74) is 4.55. The van der Waals surface area contributed by atoms with Crippen LogP contribution in [0.3, 0.4) is 0 Å².